The minimum Gasteiger partial charge on any atom is -0.481 e. The molecule has 4 heteroatoms. The van der Waals surface area contributed by atoms with Crippen LogP contribution in [0.15, 0.2) is 0 Å². The molecule has 0 bridgehead atoms. The van der Waals surface area contributed by atoms with Crippen LogP contribution in [0, 0.1) is 11.8 Å². The first kappa shape index (κ1) is 18.9. The molecule has 1 N–H and O–H groups in total. The summed E-state index contributed by atoms with van der Waals surface area (Å²) in [6.45, 7) is 6.70. The van der Waals surface area contributed by atoms with Crippen molar-refractivity contribution in [2.75, 3.05) is 6.61 Å². The minimum atomic E-state index is -0.930. The lowest BCUT2D eigenvalue weighted by molar-refractivity contribution is -0.154. The first-order chi connectivity index (χ1) is 9.54. The fourth-order valence-electron chi connectivity index (χ4n) is 2.18. The fraction of sp³-hybridized carbons (Fsp3) is 0.875. The van der Waals surface area contributed by atoms with Crippen molar-refractivity contribution in [3.63, 3.8) is 0 Å². The summed E-state index contributed by atoms with van der Waals surface area (Å²) in [5, 5.41) is 8.86. The number of unbranched alkanes of at least 4 members (excludes halogenated alkanes) is 2. The summed E-state index contributed by atoms with van der Waals surface area (Å²) < 4.78 is 5.35. The molecule has 2 unspecified atom stereocenters. The van der Waals surface area contributed by atoms with Gasteiger partial charge in [0, 0.05) is 0 Å². The first-order valence-corrected chi connectivity index (χ1v) is 7.93. The summed E-state index contributed by atoms with van der Waals surface area (Å²) in [5.41, 5.74) is 0. The second kappa shape index (κ2) is 11.7. The third-order valence-electron chi connectivity index (χ3n) is 3.67. The van der Waals surface area contributed by atoms with Gasteiger partial charge in [-0.25, -0.2) is 0 Å². The number of ether oxygens (including phenoxy) is 1. The van der Waals surface area contributed by atoms with Crippen LogP contribution in [-0.2, 0) is 14.3 Å². The predicted molar refractivity (Wildman–Crippen MR) is 79.5 cm³/mol. The summed E-state index contributed by atoms with van der Waals surface area (Å²) in [5.74, 6) is -1.36. The van der Waals surface area contributed by atoms with E-state index in [-0.39, 0.29) is 12.4 Å². The molecule has 0 saturated carbocycles. The number of esters is 1. The minimum absolute atomic E-state index is 0.120. The highest BCUT2D eigenvalue weighted by molar-refractivity contribution is 5.79. The van der Waals surface area contributed by atoms with Crippen molar-refractivity contribution < 1.29 is 19.4 Å². The zero-order valence-corrected chi connectivity index (χ0v) is 13.2. The van der Waals surface area contributed by atoms with Crippen molar-refractivity contribution in [2.45, 2.75) is 72.1 Å². The molecule has 0 aromatic carbocycles. The van der Waals surface area contributed by atoms with E-state index in [0.717, 1.165) is 38.5 Å². The van der Waals surface area contributed by atoms with Gasteiger partial charge in [0.05, 0.1) is 18.9 Å². The van der Waals surface area contributed by atoms with Gasteiger partial charge in [0.2, 0.25) is 0 Å². The first-order valence-electron chi connectivity index (χ1n) is 7.93. The van der Waals surface area contributed by atoms with Gasteiger partial charge in [-0.3, -0.25) is 9.59 Å². The zero-order chi connectivity index (χ0) is 15.4. The summed E-state index contributed by atoms with van der Waals surface area (Å²) in [7, 11) is 0. The van der Waals surface area contributed by atoms with E-state index >= 15 is 0 Å². The molecule has 0 aliphatic rings. The fourth-order valence-corrected chi connectivity index (χ4v) is 2.18. The lowest BCUT2D eigenvalue weighted by Gasteiger charge is -2.18. The highest BCUT2D eigenvalue weighted by atomic mass is 16.5. The Bertz CT molecular complexity index is 276. The monoisotopic (exact) mass is 286 g/mol. The van der Waals surface area contributed by atoms with Gasteiger partial charge in [-0.15, -0.1) is 0 Å². The maximum Gasteiger partial charge on any atom is 0.309 e. The molecule has 0 saturated heterocycles. The zero-order valence-electron chi connectivity index (χ0n) is 13.2. The van der Waals surface area contributed by atoms with Gasteiger partial charge in [-0.1, -0.05) is 52.9 Å². The molecule has 0 heterocycles. The smallest absolute Gasteiger partial charge is 0.309 e. The summed E-state index contributed by atoms with van der Waals surface area (Å²) >= 11 is 0. The molecule has 0 rings (SSSR count). The van der Waals surface area contributed by atoms with E-state index in [9.17, 15) is 9.59 Å². The quantitative estimate of drug-likeness (QED) is 0.550. The third-order valence-corrected chi connectivity index (χ3v) is 3.67. The lowest BCUT2D eigenvalue weighted by atomic mass is 9.98. The van der Waals surface area contributed by atoms with Crippen molar-refractivity contribution in [2.24, 2.45) is 11.8 Å². The van der Waals surface area contributed by atoms with Crippen LogP contribution in [0.1, 0.15) is 72.1 Å². The molecule has 0 aliphatic heterocycles. The number of carbonyl (C=O) groups excluding carboxylic acids is 1. The van der Waals surface area contributed by atoms with Crippen LogP contribution in [0.3, 0.4) is 0 Å². The van der Waals surface area contributed by atoms with Crippen LogP contribution < -0.4 is 0 Å². The van der Waals surface area contributed by atoms with E-state index in [0.29, 0.717) is 18.9 Å². The lowest BCUT2D eigenvalue weighted by Crippen LogP contribution is -2.23. The summed E-state index contributed by atoms with van der Waals surface area (Å²) in [6.07, 6.45) is 6.65. The average Bonchev–Trinajstić information content (AvgIpc) is 2.43. The van der Waals surface area contributed by atoms with E-state index in [1.54, 1.807) is 0 Å². The van der Waals surface area contributed by atoms with Gasteiger partial charge in [0.1, 0.15) is 0 Å². The van der Waals surface area contributed by atoms with E-state index in [4.69, 9.17) is 9.84 Å². The van der Waals surface area contributed by atoms with Crippen molar-refractivity contribution in [3.8, 4) is 0 Å². The number of aliphatic carboxylic acids is 1. The Labute approximate surface area is 122 Å². The number of carbonyl (C=O) groups is 2. The molecular weight excluding hydrogens is 256 g/mol. The molecule has 0 fully saturated rings. The van der Waals surface area contributed by atoms with Gasteiger partial charge in [-0.05, 0) is 18.8 Å². The Balaban J connectivity index is 4.24. The van der Waals surface area contributed by atoms with Crippen LogP contribution in [0.5, 0.6) is 0 Å². The molecular formula is C16H30O4. The standard InChI is InChI=1S/C16H30O4/c1-4-7-9-13(6-3)12-20-16(19)14(10-8-5-2)11-15(17)18/h13-14H,4-12H2,1-3H3,(H,17,18). The van der Waals surface area contributed by atoms with Gasteiger partial charge >= 0.3 is 11.9 Å². The molecule has 0 aromatic heterocycles. The summed E-state index contributed by atoms with van der Waals surface area (Å²) in [4.78, 5) is 22.8. The third kappa shape index (κ3) is 8.94. The van der Waals surface area contributed by atoms with Crippen molar-refractivity contribution >= 4 is 11.9 Å². The average molecular weight is 286 g/mol. The van der Waals surface area contributed by atoms with E-state index in [2.05, 4.69) is 13.8 Å². The highest BCUT2D eigenvalue weighted by Crippen LogP contribution is 2.18. The molecule has 118 valence electrons. The van der Waals surface area contributed by atoms with Crippen LogP contribution in [0.25, 0.3) is 0 Å². The van der Waals surface area contributed by atoms with Crippen LogP contribution >= 0.6 is 0 Å². The topological polar surface area (TPSA) is 63.6 Å². The number of hydrogen-bond acceptors (Lipinski definition) is 3. The van der Waals surface area contributed by atoms with Crippen LogP contribution in [-0.4, -0.2) is 23.7 Å². The van der Waals surface area contributed by atoms with Gasteiger partial charge in [0.25, 0.3) is 0 Å². The molecule has 4 nitrogen and oxygen atoms in total. The number of hydrogen-bond donors (Lipinski definition) is 1. The van der Waals surface area contributed by atoms with Crippen molar-refractivity contribution in [1.29, 1.82) is 0 Å². The van der Waals surface area contributed by atoms with Crippen LogP contribution in [0.2, 0.25) is 0 Å². The van der Waals surface area contributed by atoms with Crippen LogP contribution in [0.4, 0.5) is 0 Å². The molecule has 0 spiro atoms. The Kier molecular flexibility index (Phi) is 11.1. The Morgan fingerprint density at radius 1 is 1.05 bits per heavy atom. The van der Waals surface area contributed by atoms with E-state index in [1.807, 2.05) is 6.92 Å². The molecule has 2 atom stereocenters. The van der Waals surface area contributed by atoms with Crippen molar-refractivity contribution in [3.05, 3.63) is 0 Å². The highest BCUT2D eigenvalue weighted by Gasteiger charge is 2.23. The maximum atomic E-state index is 12.0. The largest absolute Gasteiger partial charge is 0.481 e. The Morgan fingerprint density at radius 3 is 2.15 bits per heavy atom. The SMILES string of the molecule is CCCCC(CC)COC(=O)C(CCCC)CC(=O)O. The maximum absolute atomic E-state index is 12.0. The van der Waals surface area contributed by atoms with Crippen molar-refractivity contribution in [1.82, 2.24) is 0 Å². The number of carboxylic acids is 1. The molecule has 0 radical (unpaired) electrons. The molecule has 0 amide bonds. The van der Waals surface area contributed by atoms with Gasteiger partial charge in [-0.2, -0.15) is 0 Å². The molecule has 20 heavy (non-hydrogen) atoms. The Morgan fingerprint density at radius 2 is 1.65 bits per heavy atom. The number of carboxylic acid groups (broad SMARTS) is 1. The second-order valence-corrected chi connectivity index (χ2v) is 5.48. The normalized spacial score (nSPS) is 13.8. The van der Waals surface area contributed by atoms with E-state index in [1.165, 1.54) is 0 Å². The van der Waals surface area contributed by atoms with Gasteiger partial charge < -0.3 is 9.84 Å². The van der Waals surface area contributed by atoms with Gasteiger partial charge in [0.15, 0.2) is 0 Å². The Hall–Kier alpha value is -1.06. The molecule has 0 aliphatic carbocycles. The van der Waals surface area contributed by atoms with E-state index < -0.39 is 11.9 Å². The summed E-state index contributed by atoms with van der Waals surface area (Å²) in [6, 6.07) is 0. The molecule has 0 aromatic rings. The predicted octanol–water partition coefficient (Wildman–Crippen LogP) is 4.03. The second-order valence-electron chi connectivity index (χ2n) is 5.48. The number of rotatable bonds is 12.